The number of ether oxygens (including phenoxy) is 1. The van der Waals surface area contributed by atoms with Crippen LogP contribution in [0.1, 0.15) is 17.0 Å². The summed E-state index contributed by atoms with van der Waals surface area (Å²) < 4.78 is 33.1. The summed E-state index contributed by atoms with van der Waals surface area (Å²) in [6.45, 7) is 0. The van der Waals surface area contributed by atoms with E-state index < -0.39 is 15.9 Å². The lowest BCUT2D eigenvalue weighted by Crippen LogP contribution is -2.22. The van der Waals surface area contributed by atoms with E-state index in [2.05, 4.69) is 10.0 Å². The summed E-state index contributed by atoms with van der Waals surface area (Å²) >= 11 is 0. The monoisotopic (exact) mass is 472 g/mol. The quantitative estimate of drug-likeness (QED) is 0.366. The Labute approximate surface area is 199 Å². The van der Waals surface area contributed by atoms with E-state index in [4.69, 9.17) is 4.74 Å². The number of amides is 1. The standard InChI is InChI=1S/C27H24N2O4S/c1-33-24-16-12-23(13-17-24)29-34(31,32)25-18-14-22(15-19-25)28-27(30)26(20-8-4-2-5-9-20)21-10-6-3-7-11-21/h2-19,26,29H,1H3,(H,28,30). The highest BCUT2D eigenvalue weighted by Gasteiger charge is 2.23. The Morgan fingerprint density at radius 3 is 1.71 bits per heavy atom. The van der Waals surface area contributed by atoms with Crippen LogP contribution in [0, 0.1) is 0 Å². The van der Waals surface area contributed by atoms with Crippen molar-refractivity contribution in [2.75, 3.05) is 17.1 Å². The highest BCUT2D eigenvalue weighted by Crippen LogP contribution is 2.27. The van der Waals surface area contributed by atoms with Crippen molar-refractivity contribution in [3.05, 3.63) is 120 Å². The number of hydrogen-bond donors (Lipinski definition) is 2. The lowest BCUT2D eigenvalue weighted by Gasteiger charge is -2.18. The van der Waals surface area contributed by atoms with E-state index in [9.17, 15) is 13.2 Å². The normalized spacial score (nSPS) is 11.1. The van der Waals surface area contributed by atoms with E-state index in [0.717, 1.165) is 11.1 Å². The molecule has 0 heterocycles. The van der Waals surface area contributed by atoms with Gasteiger partial charge in [0.15, 0.2) is 0 Å². The van der Waals surface area contributed by atoms with E-state index in [-0.39, 0.29) is 10.8 Å². The molecule has 4 rings (SSSR count). The van der Waals surface area contributed by atoms with Gasteiger partial charge >= 0.3 is 0 Å². The number of carbonyl (C=O) groups excluding carboxylic acids is 1. The first-order valence-electron chi connectivity index (χ1n) is 10.6. The smallest absolute Gasteiger partial charge is 0.261 e. The Morgan fingerprint density at radius 1 is 0.706 bits per heavy atom. The van der Waals surface area contributed by atoms with Crippen molar-refractivity contribution in [3.8, 4) is 5.75 Å². The number of benzene rings is 4. The van der Waals surface area contributed by atoms with Crippen LogP contribution in [0.5, 0.6) is 5.75 Å². The molecule has 7 heteroatoms. The van der Waals surface area contributed by atoms with Crippen molar-refractivity contribution in [1.82, 2.24) is 0 Å². The van der Waals surface area contributed by atoms with Gasteiger partial charge in [0.25, 0.3) is 10.0 Å². The van der Waals surface area contributed by atoms with Crippen LogP contribution in [0.3, 0.4) is 0 Å². The molecule has 0 unspecified atom stereocenters. The maximum Gasteiger partial charge on any atom is 0.261 e. The van der Waals surface area contributed by atoms with Crippen molar-refractivity contribution in [3.63, 3.8) is 0 Å². The van der Waals surface area contributed by atoms with E-state index in [1.807, 2.05) is 60.7 Å². The number of hydrogen-bond acceptors (Lipinski definition) is 4. The summed E-state index contributed by atoms with van der Waals surface area (Å²) in [5.41, 5.74) is 2.67. The molecule has 0 aliphatic rings. The van der Waals surface area contributed by atoms with Gasteiger partial charge in [0, 0.05) is 11.4 Å². The fourth-order valence-corrected chi connectivity index (χ4v) is 4.65. The van der Waals surface area contributed by atoms with Gasteiger partial charge in [-0.2, -0.15) is 0 Å². The molecule has 0 saturated carbocycles. The molecule has 0 aromatic heterocycles. The van der Waals surface area contributed by atoms with Gasteiger partial charge in [-0.05, 0) is 59.7 Å². The molecule has 172 valence electrons. The van der Waals surface area contributed by atoms with Gasteiger partial charge in [-0.3, -0.25) is 9.52 Å². The molecule has 0 radical (unpaired) electrons. The number of methoxy groups -OCH3 is 1. The Kier molecular flexibility index (Phi) is 6.94. The summed E-state index contributed by atoms with van der Waals surface area (Å²) in [5.74, 6) is -0.0701. The fourth-order valence-electron chi connectivity index (χ4n) is 3.59. The average Bonchev–Trinajstić information content (AvgIpc) is 2.86. The maximum absolute atomic E-state index is 13.2. The zero-order valence-corrected chi connectivity index (χ0v) is 19.3. The van der Waals surface area contributed by atoms with Crippen molar-refractivity contribution in [1.29, 1.82) is 0 Å². The first-order valence-corrected chi connectivity index (χ1v) is 12.1. The minimum Gasteiger partial charge on any atom is -0.497 e. The Hall–Kier alpha value is -4.10. The highest BCUT2D eigenvalue weighted by molar-refractivity contribution is 7.92. The summed E-state index contributed by atoms with van der Waals surface area (Å²) in [7, 11) is -2.24. The van der Waals surface area contributed by atoms with Gasteiger partial charge in [0.2, 0.25) is 5.91 Å². The Bertz CT molecular complexity index is 1300. The number of sulfonamides is 1. The molecule has 0 fully saturated rings. The van der Waals surface area contributed by atoms with E-state index in [1.165, 1.54) is 12.1 Å². The summed E-state index contributed by atoms with van der Waals surface area (Å²) in [6, 6.07) is 31.7. The molecule has 0 aliphatic heterocycles. The molecule has 0 spiro atoms. The lowest BCUT2D eigenvalue weighted by molar-refractivity contribution is -0.116. The molecule has 4 aromatic carbocycles. The fraction of sp³-hybridized carbons (Fsp3) is 0.0741. The van der Waals surface area contributed by atoms with Crippen LogP contribution in [-0.4, -0.2) is 21.4 Å². The predicted octanol–water partition coefficient (Wildman–Crippen LogP) is 5.27. The van der Waals surface area contributed by atoms with E-state index in [0.29, 0.717) is 17.1 Å². The highest BCUT2D eigenvalue weighted by atomic mass is 32.2. The van der Waals surface area contributed by atoms with Crippen LogP contribution >= 0.6 is 0 Å². The van der Waals surface area contributed by atoms with Crippen LogP contribution < -0.4 is 14.8 Å². The van der Waals surface area contributed by atoms with Crippen molar-refractivity contribution >= 4 is 27.3 Å². The summed E-state index contributed by atoms with van der Waals surface area (Å²) in [5, 5.41) is 2.91. The molecule has 4 aromatic rings. The Morgan fingerprint density at radius 2 is 1.21 bits per heavy atom. The van der Waals surface area contributed by atoms with Gasteiger partial charge in [0.1, 0.15) is 5.75 Å². The molecular weight excluding hydrogens is 448 g/mol. The van der Waals surface area contributed by atoms with Crippen molar-refractivity contribution < 1.29 is 17.9 Å². The molecule has 34 heavy (non-hydrogen) atoms. The van der Waals surface area contributed by atoms with E-state index in [1.54, 1.807) is 43.5 Å². The van der Waals surface area contributed by atoms with Gasteiger partial charge in [-0.1, -0.05) is 60.7 Å². The number of rotatable bonds is 8. The largest absolute Gasteiger partial charge is 0.497 e. The third kappa shape index (κ3) is 5.44. The topological polar surface area (TPSA) is 84.5 Å². The zero-order chi connectivity index (χ0) is 24.0. The second kappa shape index (κ2) is 10.2. The zero-order valence-electron chi connectivity index (χ0n) is 18.5. The molecule has 0 bridgehead atoms. The van der Waals surface area contributed by atoms with Crippen LogP contribution in [0.4, 0.5) is 11.4 Å². The van der Waals surface area contributed by atoms with Crippen LogP contribution in [0.15, 0.2) is 114 Å². The summed E-state index contributed by atoms with van der Waals surface area (Å²) in [4.78, 5) is 13.3. The molecule has 0 aliphatic carbocycles. The number of anilines is 2. The van der Waals surface area contributed by atoms with Gasteiger partial charge in [0.05, 0.1) is 17.9 Å². The Balaban J connectivity index is 1.51. The maximum atomic E-state index is 13.2. The number of carbonyl (C=O) groups is 1. The molecule has 1 amide bonds. The average molecular weight is 473 g/mol. The molecular formula is C27H24N2O4S. The van der Waals surface area contributed by atoms with Gasteiger partial charge < -0.3 is 10.1 Å². The minimum absolute atomic E-state index is 0.0870. The van der Waals surface area contributed by atoms with Crippen LogP contribution in [0.2, 0.25) is 0 Å². The summed E-state index contributed by atoms with van der Waals surface area (Å²) in [6.07, 6.45) is 0. The number of nitrogens with one attached hydrogen (secondary N) is 2. The first-order chi connectivity index (χ1) is 16.5. The van der Waals surface area contributed by atoms with Gasteiger partial charge in [-0.25, -0.2) is 8.42 Å². The van der Waals surface area contributed by atoms with Crippen molar-refractivity contribution in [2.45, 2.75) is 10.8 Å². The third-order valence-electron chi connectivity index (χ3n) is 5.30. The van der Waals surface area contributed by atoms with Crippen LogP contribution in [0.25, 0.3) is 0 Å². The third-order valence-corrected chi connectivity index (χ3v) is 6.70. The molecule has 0 atom stereocenters. The lowest BCUT2D eigenvalue weighted by atomic mass is 9.90. The minimum atomic E-state index is -3.78. The second-order valence-corrected chi connectivity index (χ2v) is 9.28. The molecule has 2 N–H and O–H groups in total. The molecule has 0 saturated heterocycles. The predicted molar refractivity (Wildman–Crippen MR) is 134 cm³/mol. The second-order valence-electron chi connectivity index (χ2n) is 7.60. The van der Waals surface area contributed by atoms with Gasteiger partial charge in [-0.15, -0.1) is 0 Å². The molecule has 6 nitrogen and oxygen atoms in total. The first kappa shape index (κ1) is 23.1. The SMILES string of the molecule is COc1ccc(NS(=O)(=O)c2ccc(NC(=O)C(c3ccccc3)c3ccccc3)cc2)cc1. The van der Waals surface area contributed by atoms with Crippen molar-refractivity contribution in [2.24, 2.45) is 0 Å². The van der Waals surface area contributed by atoms with E-state index >= 15 is 0 Å². The van der Waals surface area contributed by atoms with Crippen LogP contribution in [-0.2, 0) is 14.8 Å².